The first-order valence-corrected chi connectivity index (χ1v) is 8.00. The zero-order chi connectivity index (χ0) is 16.1. The van der Waals surface area contributed by atoms with Crippen LogP contribution in [0.15, 0.2) is 22.7 Å². The van der Waals surface area contributed by atoms with E-state index in [4.69, 9.17) is 27.7 Å². The van der Waals surface area contributed by atoms with E-state index in [0.717, 1.165) is 19.3 Å². The Kier molecular flexibility index (Phi) is 5.86. The van der Waals surface area contributed by atoms with Crippen LogP contribution in [-0.2, 0) is 0 Å². The van der Waals surface area contributed by atoms with Crippen molar-refractivity contribution in [1.29, 1.82) is 0 Å². The molecule has 118 valence electrons. The molecule has 1 N–H and O–H groups in total. The minimum Gasteiger partial charge on any atom is -0.360 e. The number of nitrogens with zero attached hydrogens (tertiary/aromatic N) is 1. The molecule has 2 rings (SSSR count). The van der Waals surface area contributed by atoms with E-state index >= 15 is 0 Å². The van der Waals surface area contributed by atoms with Crippen molar-refractivity contribution in [2.45, 2.75) is 33.1 Å². The van der Waals surface area contributed by atoms with Crippen molar-refractivity contribution in [3.05, 3.63) is 39.6 Å². The number of carbonyl (C=O) groups excluding carboxylic acids is 1. The van der Waals surface area contributed by atoms with Crippen molar-refractivity contribution in [1.82, 2.24) is 10.5 Å². The molecule has 0 saturated heterocycles. The maximum absolute atomic E-state index is 12.4. The normalized spacial score (nSPS) is 10.7. The molecule has 0 aliphatic carbocycles. The third-order valence-corrected chi connectivity index (χ3v) is 3.99. The number of carbonyl (C=O) groups is 1. The van der Waals surface area contributed by atoms with Crippen LogP contribution in [0.3, 0.4) is 0 Å². The molecule has 0 atom stereocenters. The van der Waals surface area contributed by atoms with E-state index in [1.54, 1.807) is 25.1 Å². The summed E-state index contributed by atoms with van der Waals surface area (Å²) in [5.41, 5.74) is 1.27. The summed E-state index contributed by atoms with van der Waals surface area (Å²) >= 11 is 12.4. The Labute approximate surface area is 139 Å². The summed E-state index contributed by atoms with van der Waals surface area (Å²) in [6, 6.07) is 5.15. The molecule has 1 amide bonds. The molecule has 0 unspecified atom stereocenters. The number of aryl methyl sites for hydroxylation is 1. The fraction of sp³-hybridized carbons (Fsp3) is 0.375. The number of rotatable bonds is 6. The molecule has 0 saturated carbocycles. The third kappa shape index (κ3) is 3.62. The van der Waals surface area contributed by atoms with Crippen LogP contribution in [0.25, 0.3) is 11.3 Å². The van der Waals surface area contributed by atoms with Crippen molar-refractivity contribution in [2.75, 3.05) is 6.54 Å². The highest BCUT2D eigenvalue weighted by Gasteiger charge is 2.24. The first-order chi connectivity index (χ1) is 10.6. The molecule has 0 spiro atoms. The summed E-state index contributed by atoms with van der Waals surface area (Å²) in [5.74, 6) is 0.222. The lowest BCUT2D eigenvalue weighted by Crippen LogP contribution is -2.25. The molecule has 1 aromatic carbocycles. The van der Waals surface area contributed by atoms with E-state index in [2.05, 4.69) is 17.4 Å². The van der Waals surface area contributed by atoms with Crippen LogP contribution in [0.1, 0.15) is 42.3 Å². The lowest BCUT2D eigenvalue weighted by molar-refractivity contribution is 0.0952. The molecule has 1 aromatic heterocycles. The van der Waals surface area contributed by atoms with Gasteiger partial charge in [0.15, 0.2) is 0 Å². The van der Waals surface area contributed by atoms with Gasteiger partial charge in [0.2, 0.25) is 0 Å². The molecule has 4 nitrogen and oxygen atoms in total. The van der Waals surface area contributed by atoms with Crippen molar-refractivity contribution in [3.8, 4) is 11.3 Å². The summed E-state index contributed by atoms with van der Waals surface area (Å²) in [4.78, 5) is 12.4. The lowest BCUT2D eigenvalue weighted by atomic mass is 10.1. The van der Waals surface area contributed by atoms with E-state index in [0.29, 0.717) is 39.2 Å². The lowest BCUT2D eigenvalue weighted by Gasteiger charge is -2.07. The Morgan fingerprint density at radius 3 is 2.59 bits per heavy atom. The molecule has 22 heavy (non-hydrogen) atoms. The minimum absolute atomic E-state index is 0.221. The quantitative estimate of drug-likeness (QED) is 0.762. The maximum atomic E-state index is 12.4. The standard InChI is InChI=1S/C16H18Cl2N2O2/c1-3-4-5-9-19-16(21)13-10(2)22-20-15(13)14-11(17)7-6-8-12(14)18/h6-8H,3-5,9H2,1-2H3,(H,19,21). The second-order valence-electron chi connectivity index (χ2n) is 5.02. The first kappa shape index (κ1) is 16.8. The van der Waals surface area contributed by atoms with E-state index in [1.165, 1.54) is 0 Å². The zero-order valence-electron chi connectivity index (χ0n) is 12.6. The van der Waals surface area contributed by atoms with Crippen LogP contribution in [0, 0.1) is 6.92 Å². The van der Waals surface area contributed by atoms with Gasteiger partial charge in [-0.15, -0.1) is 0 Å². The van der Waals surface area contributed by atoms with E-state index < -0.39 is 0 Å². The van der Waals surface area contributed by atoms with Gasteiger partial charge in [-0.2, -0.15) is 0 Å². The summed E-state index contributed by atoms with van der Waals surface area (Å²) in [5, 5.41) is 7.72. The molecular formula is C16H18Cl2N2O2. The Morgan fingerprint density at radius 1 is 1.27 bits per heavy atom. The number of halogens is 2. The largest absolute Gasteiger partial charge is 0.360 e. The van der Waals surface area contributed by atoms with Gasteiger partial charge in [-0.25, -0.2) is 0 Å². The zero-order valence-corrected chi connectivity index (χ0v) is 14.1. The van der Waals surface area contributed by atoms with Crippen LogP contribution in [-0.4, -0.2) is 17.6 Å². The van der Waals surface area contributed by atoms with E-state index in [-0.39, 0.29) is 5.91 Å². The monoisotopic (exact) mass is 340 g/mol. The molecule has 0 radical (unpaired) electrons. The second-order valence-corrected chi connectivity index (χ2v) is 5.84. The van der Waals surface area contributed by atoms with Crippen LogP contribution < -0.4 is 5.32 Å². The molecule has 0 aliphatic rings. The molecule has 6 heteroatoms. The number of aromatic nitrogens is 1. The number of hydrogen-bond acceptors (Lipinski definition) is 3. The Hall–Kier alpha value is -1.52. The average molecular weight is 341 g/mol. The number of benzene rings is 1. The highest BCUT2D eigenvalue weighted by atomic mass is 35.5. The fourth-order valence-electron chi connectivity index (χ4n) is 2.20. The molecule has 1 heterocycles. The van der Waals surface area contributed by atoms with Crippen LogP contribution >= 0.6 is 23.2 Å². The minimum atomic E-state index is -0.221. The predicted octanol–water partition coefficient (Wildman–Crippen LogP) is 4.88. The summed E-state index contributed by atoms with van der Waals surface area (Å²) in [6.45, 7) is 4.43. The van der Waals surface area contributed by atoms with Gasteiger partial charge in [-0.1, -0.05) is 54.2 Å². The van der Waals surface area contributed by atoms with Crippen molar-refractivity contribution in [2.24, 2.45) is 0 Å². The smallest absolute Gasteiger partial charge is 0.257 e. The summed E-state index contributed by atoms with van der Waals surface area (Å²) in [6.07, 6.45) is 3.11. The van der Waals surface area contributed by atoms with Crippen molar-refractivity contribution in [3.63, 3.8) is 0 Å². The van der Waals surface area contributed by atoms with Gasteiger partial charge in [-0.3, -0.25) is 4.79 Å². The fourth-order valence-corrected chi connectivity index (χ4v) is 2.78. The highest BCUT2D eigenvalue weighted by molar-refractivity contribution is 6.39. The first-order valence-electron chi connectivity index (χ1n) is 7.25. The molecular weight excluding hydrogens is 323 g/mol. The molecule has 0 fully saturated rings. The van der Waals surface area contributed by atoms with Gasteiger partial charge >= 0.3 is 0 Å². The Bertz CT molecular complexity index is 648. The molecule has 2 aromatic rings. The van der Waals surface area contributed by atoms with Gasteiger partial charge in [0, 0.05) is 12.1 Å². The van der Waals surface area contributed by atoms with Crippen molar-refractivity contribution < 1.29 is 9.32 Å². The Morgan fingerprint density at radius 2 is 1.95 bits per heavy atom. The van der Waals surface area contributed by atoms with Gasteiger partial charge in [0.05, 0.1) is 10.0 Å². The summed E-state index contributed by atoms with van der Waals surface area (Å²) in [7, 11) is 0. The van der Waals surface area contributed by atoms with Crippen LogP contribution in [0.2, 0.25) is 10.0 Å². The highest BCUT2D eigenvalue weighted by Crippen LogP contribution is 2.36. The number of hydrogen-bond donors (Lipinski definition) is 1. The van der Waals surface area contributed by atoms with Gasteiger partial charge in [0.25, 0.3) is 5.91 Å². The average Bonchev–Trinajstić information content (AvgIpc) is 2.85. The van der Waals surface area contributed by atoms with Gasteiger partial charge in [0.1, 0.15) is 17.0 Å². The van der Waals surface area contributed by atoms with Gasteiger partial charge in [-0.05, 0) is 25.5 Å². The topological polar surface area (TPSA) is 55.1 Å². The van der Waals surface area contributed by atoms with Crippen LogP contribution in [0.5, 0.6) is 0 Å². The van der Waals surface area contributed by atoms with Gasteiger partial charge < -0.3 is 9.84 Å². The van der Waals surface area contributed by atoms with E-state index in [1.807, 2.05) is 0 Å². The number of unbranched alkanes of at least 4 members (excludes halogenated alkanes) is 2. The maximum Gasteiger partial charge on any atom is 0.257 e. The number of nitrogens with one attached hydrogen (secondary N) is 1. The molecule has 0 bridgehead atoms. The number of amides is 1. The second kappa shape index (κ2) is 7.65. The van der Waals surface area contributed by atoms with E-state index in [9.17, 15) is 4.79 Å². The third-order valence-electron chi connectivity index (χ3n) is 3.36. The predicted molar refractivity (Wildman–Crippen MR) is 88.6 cm³/mol. The van der Waals surface area contributed by atoms with Crippen LogP contribution in [0.4, 0.5) is 0 Å². The SMILES string of the molecule is CCCCCNC(=O)c1c(-c2c(Cl)cccc2Cl)noc1C. The summed E-state index contributed by atoms with van der Waals surface area (Å²) < 4.78 is 5.18. The molecule has 0 aliphatic heterocycles. The Balaban J connectivity index is 2.30. The van der Waals surface area contributed by atoms with Crippen molar-refractivity contribution >= 4 is 29.1 Å².